The van der Waals surface area contributed by atoms with Crippen molar-refractivity contribution < 1.29 is 9.90 Å². The lowest BCUT2D eigenvalue weighted by Crippen LogP contribution is -2.29. The number of carbonyl (C=O) groups excluding carboxylic acids is 1. The van der Waals surface area contributed by atoms with Gasteiger partial charge in [-0.2, -0.15) is 0 Å². The third-order valence-corrected chi connectivity index (χ3v) is 3.12. The summed E-state index contributed by atoms with van der Waals surface area (Å²) in [6.45, 7) is 3.11. The monoisotopic (exact) mass is 235 g/mol. The number of hydrogen-bond donors (Lipinski definition) is 3. The first kappa shape index (κ1) is 11.7. The molecule has 1 fully saturated rings. The number of nitrogen functional groups attached to an aromatic ring is 1. The van der Waals surface area contributed by atoms with E-state index in [1.807, 2.05) is 11.0 Å². The van der Waals surface area contributed by atoms with Gasteiger partial charge in [0.2, 0.25) is 0 Å². The number of aliphatic hydroxyl groups is 1. The highest BCUT2D eigenvalue weighted by atomic mass is 16.3. The number of hydrogen-bond acceptors (Lipinski definition) is 4. The number of nitrogens with zero attached hydrogens (tertiary/aromatic N) is 1. The largest absolute Gasteiger partial charge is 0.398 e. The van der Waals surface area contributed by atoms with Crippen molar-refractivity contribution in [3.63, 3.8) is 0 Å². The van der Waals surface area contributed by atoms with Crippen LogP contribution in [0.2, 0.25) is 0 Å². The van der Waals surface area contributed by atoms with Crippen LogP contribution in [-0.2, 0) is 0 Å². The van der Waals surface area contributed by atoms with Gasteiger partial charge < -0.3 is 21.5 Å². The zero-order valence-electron chi connectivity index (χ0n) is 9.81. The quantitative estimate of drug-likeness (QED) is 0.644. The fourth-order valence-electron chi connectivity index (χ4n) is 2.12. The van der Waals surface area contributed by atoms with Crippen LogP contribution < -0.4 is 16.4 Å². The van der Waals surface area contributed by atoms with Gasteiger partial charge in [-0.1, -0.05) is 0 Å². The minimum absolute atomic E-state index is 0.328. The van der Waals surface area contributed by atoms with Crippen LogP contribution in [0.5, 0.6) is 0 Å². The zero-order chi connectivity index (χ0) is 12.6. The topological polar surface area (TPSA) is 92.6 Å². The molecule has 0 aromatic heterocycles. The van der Waals surface area contributed by atoms with E-state index in [4.69, 9.17) is 11.5 Å². The van der Waals surface area contributed by atoms with Crippen LogP contribution in [0.15, 0.2) is 18.2 Å². The van der Waals surface area contributed by atoms with E-state index in [0.29, 0.717) is 24.2 Å². The SMILES string of the molecule is CC1(O)CCN(c2ccc(N)c(C(N)=O)c2)C1. The number of primary amides is 1. The molecule has 1 heterocycles. The van der Waals surface area contributed by atoms with Gasteiger partial charge in [-0.15, -0.1) is 0 Å². The average Bonchev–Trinajstić information content (AvgIpc) is 2.59. The maximum Gasteiger partial charge on any atom is 0.250 e. The van der Waals surface area contributed by atoms with Gasteiger partial charge in [-0.25, -0.2) is 0 Å². The summed E-state index contributed by atoms with van der Waals surface area (Å²) in [6.07, 6.45) is 0.712. The second-order valence-electron chi connectivity index (χ2n) is 4.80. The van der Waals surface area contributed by atoms with Crippen molar-refractivity contribution in [1.29, 1.82) is 0 Å². The second kappa shape index (κ2) is 3.92. The number of β-amino-alcohol motifs (C(OH)–C–C–N with tert-alkyl or cyclic N) is 1. The number of benzene rings is 1. The number of nitrogens with two attached hydrogens (primary N) is 2. The lowest BCUT2D eigenvalue weighted by molar-refractivity contribution is 0.0839. The smallest absolute Gasteiger partial charge is 0.250 e. The normalized spacial score (nSPS) is 24.0. The predicted molar refractivity (Wildman–Crippen MR) is 66.8 cm³/mol. The Morgan fingerprint density at radius 3 is 2.76 bits per heavy atom. The van der Waals surface area contributed by atoms with Gasteiger partial charge in [-0.05, 0) is 31.5 Å². The van der Waals surface area contributed by atoms with E-state index in [9.17, 15) is 9.90 Å². The number of carbonyl (C=O) groups is 1. The van der Waals surface area contributed by atoms with Crippen LogP contribution in [0.4, 0.5) is 11.4 Å². The molecule has 0 bridgehead atoms. The van der Waals surface area contributed by atoms with E-state index in [2.05, 4.69) is 0 Å². The minimum Gasteiger partial charge on any atom is -0.398 e. The Labute approximate surface area is 100 Å². The van der Waals surface area contributed by atoms with E-state index >= 15 is 0 Å². The van der Waals surface area contributed by atoms with Gasteiger partial charge in [0.15, 0.2) is 0 Å². The highest BCUT2D eigenvalue weighted by Crippen LogP contribution is 2.28. The molecule has 1 aromatic carbocycles. The molecule has 1 unspecified atom stereocenters. The van der Waals surface area contributed by atoms with Crippen molar-refractivity contribution in [1.82, 2.24) is 0 Å². The Kier molecular flexibility index (Phi) is 2.71. The van der Waals surface area contributed by atoms with Gasteiger partial charge in [0, 0.05) is 24.5 Å². The Morgan fingerprint density at radius 2 is 2.24 bits per heavy atom. The first-order chi connectivity index (χ1) is 7.89. The molecule has 5 N–H and O–H groups in total. The molecule has 0 saturated carbocycles. The molecule has 1 saturated heterocycles. The zero-order valence-corrected chi connectivity index (χ0v) is 9.81. The van der Waals surface area contributed by atoms with Crippen LogP contribution >= 0.6 is 0 Å². The van der Waals surface area contributed by atoms with E-state index < -0.39 is 11.5 Å². The first-order valence-corrected chi connectivity index (χ1v) is 5.56. The van der Waals surface area contributed by atoms with Crippen LogP contribution in [0.3, 0.4) is 0 Å². The van der Waals surface area contributed by atoms with Crippen molar-refractivity contribution in [2.45, 2.75) is 18.9 Å². The molecule has 17 heavy (non-hydrogen) atoms. The number of amides is 1. The first-order valence-electron chi connectivity index (χ1n) is 5.56. The Hall–Kier alpha value is -1.75. The van der Waals surface area contributed by atoms with Crippen LogP contribution in [0.1, 0.15) is 23.7 Å². The predicted octanol–water partition coefficient (Wildman–Crippen LogP) is 0.329. The molecule has 1 aliphatic rings. The van der Waals surface area contributed by atoms with Crippen molar-refractivity contribution in [3.8, 4) is 0 Å². The maximum atomic E-state index is 11.2. The molecule has 5 heteroatoms. The molecule has 1 aliphatic heterocycles. The molecule has 0 aliphatic carbocycles. The summed E-state index contributed by atoms with van der Waals surface area (Å²) < 4.78 is 0. The lowest BCUT2D eigenvalue weighted by Gasteiger charge is -2.21. The molecule has 1 atom stereocenters. The molecule has 0 spiro atoms. The van der Waals surface area contributed by atoms with Crippen molar-refractivity contribution in [3.05, 3.63) is 23.8 Å². The molecule has 92 valence electrons. The van der Waals surface area contributed by atoms with Gasteiger partial charge in [-0.3, -0.25) is 4.79 Å². The summed E-state index contributed by atoms with van der Waals surface area (Å²) in [6, 6.07) is 5.19. The average molecular weight is 235 g/mol. The maximum absolute atomic E-state index is 11.2. The van der Waals surface area contributed by atoms with E-state index in [1.54, 1.807) is 19.1 Å². The second-order valence-corrected chi connectivity index (χ2v) is 4.80. The van der Waals surface area contributed by atoms with E-state index in [1.165, 1.54) is 0 Å². The summed E-state index contributed by atoms with van der Waals surface area (Å²) >= 11 is 0. The van der Waals surface area contributed by atoms with Crippen molar-refractivity contribution in [2.24, 2.45) is 5.73 Å². The summed E-state index contributed by atoms with van der Waals surface area (Å²) in [4.78, 5) is 13.2. The van der Waals surface area contributed by atoms with E-state index in [-0.39, 0.29) is 0 Å². The Bertz CT molecular complexity index is 457. The number of anilines is 2. The standard InChI is InChI=1S/C12H17N3O2/c1-12(17)4-5-15(7-12)8-2-3-10(13)9(6-8)11(14)16/h2-3,6,17H,4-5,7,13H2,1H3,(H2,14,16). The van der Waals surface area contributed by atoms with Gasteiger partial charge in [0.05, 0.1) is 11.2 Å². The molecular formula is C12H17N3O2. The molecular weight excluding hydrogens is 218 g/mol. The summed E-state index contributed by atoms with van der Waals surface area (Å²) in [5.74, 6) is -0.532. The van der Waals surface area contributed by atoms with Crippen molar-refractivity contribution in [2.75, 3.05) is 23.7 Å². The number of rotatable bonds is 2. The molecule has 2 rings (SSSR count). The van der Waals surface area contributed by atoms with E-state index in [0.717, 1.165) is 12.2 Å². The molecule has 5 nitrogen and oxygen atoms in total. The Balaban J connectivity index is 2.29. The highest BCUT2D eigenvalue weighted by molar-refractivity contribution is 5.99. The van der Waals surface area contributed by atoms with Gasteiger partial charge in [0.1, 0.15) is 0 Å². The highest BCUT2D eigenvalue weighted by Gasteiger charge is 2.31. The van der Waals surface area contributed by atoms with Crippen LogP contribution in [0, 0.1) is 0 Å². The summed E-state index contributed by atoms with van der Waals surface area (Å²) in [5, 5.41) is 9.90. The van der Waals surface area contributed by atoms with Crippen molar-refractivity contribution >= 4 is 17.3 Å². The molecule has 0 radical (unpaired) electrons. The Morgan fingerprint density at radius 1 is 1.53 bits per heavy atom. The molecule has 1 amide bonds. The molecule has 1 aromatic rings. The fraction of sp³-hybridized carbons (Fsp3) is 0.417. The fourth-order valence-corrected chi connectivity index (χ4v) is 2.12. The van der Waals surface area contributed by atoms with Crippen LogP contribution in [0.25, 0.3) is 0 Å². The van der Waals surface area contributed by atoms with Crippen LogP contribution in [-0.4, -0.2) is 29.7 Å². The minimum atomic E-state index is -0.672. The third kappa shape index (κ3) is 2.34. The van der Waals surface area contributed by atoms with Gasteiger partial charge in [0.25, 0.3) is 5.91 Å². The van der Waals surface area contributed by atoms with Gasteiger partial charge >= 0.3 is 0 Å². The lowest BCUT2D eigenvalue weighted by atomic mass is 10.1. The summed E-state index contributed by atoms with van der Waals surface area (Å²) in [5.41, 5.74) is 11.8. The third-order valence-electron chi connectivity index (χ3n) is 3.12. The summed E-state index contributed by atoms with van der Waals surface area (Å²) in [7, 11) is 0.